The highest BCUT2D eigenvalue weighted by Crippen LogP contribution is 1.75. The van der Waals surface area contributed by atoms with E-state index in [1.54, 1.807) is 13.3 Å². The van der Waals surface area contributed by atoms with Crippen molar-refractivity contribution >= 4 is 12.5 Å². The number of nitrogens with zero attached hydrogens (tertiary/aromatic N) is 1. The van der Waals surface area contributed by atoms with Crippen LogP contribution in [0.2, 0.25) is 0 Å². The molecule has 0 fully saturated rings. The second-order valence-corrected chi connectivity index (χ2v) is 1.18. The molecule has 0 aliphatic heterocycles. The normalized spacial score (nSPS) is 9.86. The van der Waals surface area contributed by atoms with E-state index in [-0.39, 0.29) is 0 Å². The summed E-state index contributed by atoms with van der Waals surface area (Å²) in [7, 11) is 1.70. The van der Waals surface area contributed by atoms with Gasteiger partial charge in [0, 0.05) is 13.5 Å². The van der Waals surface area contributed by atoms with E-state index in [2.05, 4.69) is 4.99 Å². The number of rotatable bonds is 3. The number of hydrogen-bond donors (Lipinski definition) is 0. The molecule has 0 N–H and O–H groups in total. The molecule has 0 bridgehead atoms. The number of unbranched alkanes of at least 4 members (excludes halogenated alkanes) is 1. The zero-order valence-electron chi connectivity index (χ0n) is 4.42. The third-order valence-electron chi connectivity index (χ3n) is 0.596. The molecule has 0 unspecified atom stereocenters. The van der Waals surface area contributed by atoms with Crippen LogP contribution in [0.4, 0.5) is 0 Å². The van der Waals surface area contributed by atoms with Gasteiger partial charge in [-0.2, -0.15) is 0 Å². The summed E-state index contributed by atoms with van der Waals surface area (Å²) in [6, 6.07) is 0. The van der Waals surface area contributed by atoms with Crippen LogP contribution < -0.4 is 0 Å². The fourth-order valence-electron chi connectivity index (χ4n) is 0.272. The van der Waals surface area contributed by atoms with Gasteiger partial charge in [0.15, 0.2) is 0 Å². The van der Waals surface area contributed by atoms with Gasteiger partial charge >= 0.3 is 0 Å². The lowest BCUT2D eigenvalue weighted by atomic mass is 10.4. The predicted molar refractivity (Wildman–Crippen MR) is 29.7 cm³/mol. The van der Waals surface area contributed by atoms with Gasteiger partial charge in [-0.05, 0) is 12.6 Å². The molecule has 2 nitrogen and oxygen atoms in total. The summed E-state index contributed by atoms with van der Waals surface area (Å²) in [6.07, 6.45) is 3.99. The standard InChI is InChI=1S/C5H9NO/c1-6-4-2-3-5-7/h4-5H,2-3H2,1H3/b6-4+. The lowest BCUT2D eigenvalue weighted by Crippen LogP contribution is -1.75. The molecule has 0 aliphatic rings. The molecule has 0 atom stereocenters. The predicted octanol–water partition coefficient (Wildman–Crippen LogP) is 0.666. The molecule has 40 valence electrons. The zero-order valence-corrected chi connectivity index (χ0v) is 4.42. The second kappa shape index (κ2) is 5.34. The minimum absolute atomic E-state index is 0.595. The van der Waals surface area contributed by atoms with Gasteiger partial charge in [-0.15, -0.1) is 0 Å². The van der Waals surface area contributed by atoms with Crippen LogP contribution in [0.25, 0.3) is 0 Å². The maximum atomic E-state index is 9.62. The second-order valence-electron chi connectivity index (χ2n) is 1.18. The Hall–Kier alpha value is -0.660. The zero-order chi connectivity index (χ0) is 5.54. The molecule has 0 radical (unpaired) electrons. The minimum Gasteiger partial charge on any atom is -0.303 e. The van der Waals surface area contributed by atoms with Crippen LogP contribution in [-0.4, -0.2) is 19.5 Å². The molecule has 2 heteroatoms. The molecule has 0 spiro atoms. The van der Waals surface area contributed by atoms with Gasteiger partial charge < -0.3 is 9.79 Å². The largest absolute Gasteiger partial charge is 0.303 e. The highest BCUT2D eigenvalue weighted by molar-refractivity contribution is 5.62. The Balaban J connectivity index is 2.82. The Kier molecular flexibility index (Phi) is 4.84. The first-order valence-electron chi connectivity index (χ1n) is 2.26. The summed E-state index contributed by atoms with van der Waals surface area (Å²) in [5.41, 5.74) is 0. The Morgan fingerprint density at radius 2 is 2.29 bits per heavy atom. The molecule has 0 aliphatic carbocycles. The Bertz CT molecular complexity index is 68.5. The summed E-state index contributed by atoms with van der Waals surface area (Å²) in [6.45, 7) is 0. The molecular formula is C5H9NO. The summed E-state index contributed by atoms with van der Waals surface area (Å²) >= 11 is 0. The van der Waals surface area contributed by atoms with Gasteiger partial charge in [-0.25, -0.2) is 0 Å². The summed E-state index contributed by atoms with van der Waals surface area (Å²) in [4.78, 5) is 13.3. The van der Waals surface area contributed by atoms with Crippen molar-refractivity contribution in [2.45, 2.75) is 12.8 Å². The highest BCUT2D eigenvalue weighted by atomic mass is 16.1. The van der Waals surface area contributed by atoms with Crippen LogP contribution in [0.1, 0.15) is 12.8 Å². The quantitative estimate of drug-likeness (QED) is 0.290. The molecule has 0 rings (SSSR count). The highest BCUT2D eigenvalue weighted by Gasteiger charge is 1.73. The van der Waals surface area contributed by atoms with Crippen molar-refractivity contribution in [2.24, 2.45) is 4.99 Å². The lowest BCUT2D eigenvalue weighted by molar-refractivity contribution is -0.107. The van der Waals surface area contributed by atoms with Crippen LogP contribution in [0.5, 0.6) is 0 Å². The van der Waals surface area contributed by atoms with Crippen LogP contribution >= 0.6 is 0 Å². The maximum absolute atomic E-state index is 9.62. The average molecular weight is 99.1 g/mol. The van der Waals surface area contributed by atoms with Crippen molar-refractivity contribution in [1.82, 2.24) is 0 Å². The minimum atomic E-state index is 0.595. The number of aldehydes is 1. The third-order valence-corrected chi connectivity index (χ3v) is 0.596. The maximum Gasteiger partial charge on any atom is 0.120 e. The van der Waals surface area contributed by atoms with Crippen molar-refractivity contribution in [3.8, 4) is 0 Å². The topological polar surface area (TPSA) is 29.4 Å². The molecule has 0 saturated carbocycles. The van der Waals surface area contributed by atoms with E-state index in [1.807, 2.05) is 0 Å². The first-order valence-corrected chi connectivity index (χ1v) is 2.26. The summed E-state index contributed by atoms with van der Waals surface area (Å²) < 4.78 is 0. The molecule has 0 aromatic heterocycles. The van der Waals surface area contributed by atoms with Gasteiger partial charge in [0.25, 0.3) is 0 Å². The first-order chi connectivity index (χ1) is 3.41. The van der Waals surface area contributed by atoms with Crippen molar-refractivity contribution in [2.75, 3.05) is 7.05 Å². The molecule has 7 heavy (non-hydrogen) atoms. The van der Waals surface area contributed by atoms with Crippen LogP contribution in [-0.2, 0) is 4.79 Å². The van der Waals surface area contributed by atoms with E-state index in [1.165, 1.54) is 0 Å². The van der Waals surface area contributed by atoms with Crippen molar-refractivity contribution in [3.05, 3.63) is 0 Å². The number of carbonyl (C=O) groups is 1. The average Bonchev–Trinajstić information content (AvgIpc) is 1.69. The smallest absolute Gasteiger partial charge is 0.120 e. The third kappa shape index (κ3) is 5.34. The van der Waals surface area contributed by atoms with Crippen LogP contribution in [0, 0.1) is 0 Å². The number of hydrogen-bond acceptors (Lipinski definition) is 2. The summed E-state index contributed by atoms with van der Waals surface area (Å²) in [5.74, 6) is 0. The molecule has 0 saturated heterocycles. The van der Waals surface area contributed by atoms with Crippen molar-refractivity contribution in [1.29, 1.82) is 0 Å². The molecule has 0 amide bonds. The SMILES string of the molecule is C/N=C/CCC=O. The van der Waals surface area contributed by atoms with Crippen molar-refractivity contribution in [3.63, 3.8) is 0 Å². The molecule has 0 aromatic rings. The van der Waals surface area contributed by atoms with E-state index in [4.69, 9.17) is 0 Å². The van der Waals surface area contributed by atoms with Gasteiger partial charge in [0.2, 0.25) is 0 Å². The van der Waals surface area contributed by atoms with E-state index in [9.17, 15) is 4.79 Å². The van der Waals surface area contributed by atoms with E-state index in [0.29, 0.717) is 6.42 Å². The Morgan fingerprint density at radius 1 is 1.57 bits per heavy atom. The molecular weight excluding hydrogens is 90.1 g/mol. The fraction of sp³-hybridized carbons (Fsp3) is 0.600. The lowest BCUT2D eigenvalue weighted by Gasteiger charge is -1.75. The first kappa shape index (κ1) is 6.34. The Labute approximate surface area is 43.3 Å². The van der Waals surface area contributed by atoms with Gasteiger partial charge in [-0.1, -0.05) is 0 Å². The fourth-order valence-corrected chi connectivity index (χ4v) is 0.272. The summed E-state index contributed by atoms with van der Waals surface area (Å²) in [5, 5.41) is 0. The Morgan fingerprint density at radius 3 is 2.71 bits per heavy atom. The number of carbonyl (C=O) groups excluding carboxylic acids is 1. The van der Waals surface area contributed by atoms with Gasteiger partial charge in [0.1, 0.15) is 6.29 Å². The number of aliphatic imine (C=N–C) groups is 1. The van der Waals surface area contributed by atoms with E-state index in [0.717, 1.165) is 12.7 Å². The van der Waals surface area contributed by atoms with Gasteiger partial charge in [0.05, 0.1) is 0 Å². The van der Waals surface area contributed by atoms with E-state index < -0.39 is 0 Å². The molecule has 0 heterocycles. The van der Waals surface area contributed by atoms with Crippen LogP contribution in [0.15, 0.2) is 4.99 Å². The molecule has 0 aromatic carbocycles. The van der Waals surface area contributed by atoms with E-state index >= 15 is 0 Å². The monoisotopic (exact) mass is 99.1 g/mol. The van der Waals surface area contributed by atoms with Gasteiger partial charge in [-0.3, -0.25) is 0 Å². The van der Waals surface area contributed by atoms with Crippen LogP contribution in [0.3, 0.4) is 0 Å². The van der Waals surface area contributed by atoms with Crippen molar-refractivity contribution < 1.29 is 4.79 Å².